The summed E-state index contributed by atoms with van der Waals surface area (Å²) in [6, 6.07) is 11.2. The lowest BCUT2D eigenvalue weighted by molar-refractivity contribution is -0.112. The van der Waals surface area contributed by atoms with Gasteiger partial charge in [0.05, 0.1) is 5.69 Å². The van der Waals surface area contributed by atoms with Crippen LogP contribution in [0, 0.1) is 5.82 Å². The zero-order valence-corrected chi connectivity index (χ0v) is 19.9. The van der Waals surface area contributed by atoms with Crippen molar-refractivity contribution in [1.29, 1.82) is 0 Å². The second kappa shape index (κ2) is 10.7. The highest BCUT2D eigenvalue weighted by atomic mass is 19.1. The van der Waals surface area contributed by atoms with Crippen LogP contribution < -0.4 is 10.6 Å². The Hall–Kier alpha value is -3.40. The molecule has 1 atom stereocenters. The van der Waals surface area contributed by atoms with Gasteiger partial charge in [-0.2, -0.15) is 0 Å². The fourth-order valence-corrected chi connectivity index (χ4v) is 5.09. The van der Waals surface area contributed by atoms with Gasteiger partial charge in [-0.05, 0) is 54.1 Å². The summed E-state index contributed by atoms with van der Waals surface area (Å²) in [5.74, 6) is -0.576. The number of fused-ring (bicyclic) bond motifs is 1. The van der Waals surface area contributed by atoms with Crippen molar-refractivity contribution in [2.24, 2.45) is 0 Å². The Morgan fingerprint density at radius 2 is 1.97 bits per heavy atom. The number of carbonyl (C=O) groups is 2. The molecule has 0 aliphatic carbocycles. The van der Waals surface area contributed by atoms with Crippen LogP contribution in [0.1, 0.15) is 34.9 Å². The maximum atomic E-state index is 13.7. The van der Waals surface area contributed by atoms with Crippen LogP contribution in [0.2, 0.25) is 0 Å². The number of aldehydes is 1. The van der Waals surface area contributed by atoms with Crippen molar-refractivity contribution in [3.05, 3.63) is 59.7 Å². The molecule has 3 heterocycles. The van der Waals surface area contributed by atoms with Crippen LogP contribution in [0.15, 0.2) is 42.5 Å². The van der Waals surface area contributed by atoms with Gasteiger partial charge < -0.3 is 20.0 Å². The number of pyridine rings is 1. The number of phenolic OH excluding ortho intramolecular Hbond substituents is 1. The van der Waals surface area contributed by atoms with E-state index in [4.69, 9.17) is 9.72 Å². The van der Waals surface area contributed by atoms with Crippen molar-refractivity contribution in [2.45, 2.75) is 24.9 Å². The molecule has 2 fully saturated rings. The summed E-state index contributed by atoms with van der Waals surface area (Å²) in [6.45, 7) is 3.53. The Labute approximate surface area is 208 Å². The topological polar surface area (TPSA) is 104 Å². The summed E-state index contributed by atoms with van der Waals surface area (Å²) in [7, 11) is 0. The fourth-order valence-electron chi connectivity index (χ4n) is 5.09. The van der Waals surface area contributed by atoms with Gasteiger partial charge in [-0.25, -0.2) is 9.37 Å². The molecule has 1 amide bonds. The van der Waals surface area contributed by atoms with Gasteiger partial charge >= 0.3 is 0 Å². The molecule has 5 rings (SSSR count). The highest BCUT2D eigenvalue weighted by molar-refractivity contribution is 6.10. The summed E-state index contributed by atoms with van der Waals surface area (Å²) in [4.78, 5) is 31.5. The summed E-state index contributed by atoms with van der Waals surface area (Å²) in [5, 5.41) is 17.6. The third-order valence-corrected chi connectivity index (χ3v) is 6.93. The van der Waals surface area contributed by atoms with Crippen LogP contribution in [0.3, 0.4) is 0 Å². The molecule has 2 aliphatic heterocycles. The van der Waals surface area contributed by atoms with E-state index in [-0.39, 0.29) is 35.3 Å². The van der Waals surface area contributed by atoms with Gasteiger partial charge in [-0.1, -0.05) is 12.1 Å². The van der Waals surface area contributed by atoms with Gasteiger partial charge in [0, 0.05) is 56.3 Å². The number of carbonyl (C=O) groups excluding carboxylic acids is 2. The summed E-state index contributed by atoms with van der Waals surface area (Å²) in [5.41, 5.74) is 2.65. The van der Waals surface area contributed by atoms with E-state index in [1.165, 1.54) is 12.1 Å². The zero-order chi connectivity index (χ0) is 25.1. The van der Waals surface area contributed by atoms with Crippen LogP contribution in [-0.4, -0.2) is 72.7 Å². The fraction of sp³-hybridized carbons (Fsp3) is 0.370. The standard InChI is InChI=1S/C27H29FN4O4/c28-19-3-1-17(2-4-19)24-21-6-5-20(34)15-22(21)26(31-25(24)18-7-13-36-14-8-18)27(35)30-10-12-32-11-9-29-23(32)16-33/h1-6,15-16,18,23,29,34H,7-14H2,(H,30,35). The van der Waals surface area contributed by atoms with E-state index in [0.29, 0.717) is 31.7 Å². The first-order chi connectivity index (χ1) is 17.5. The summed E-state index contributed by atoms with van der Waals surface area (Å²) < 4.78 is 19.3. The van der Waals surface area contributed by atoms with Crippen molar-refractivity contribution >= 4 is 23.0 Å². The zero-order valence-electron chi connectivity index (χ0n) is 19.9. The van der Waals surface area contributed by atoms with E-state index in [2.05, 4.69) is 10.6 Å². The van der Waals surface area contributed by atoms with Crippen molar-refractivity contribution in [3.8, 4) is 16.9 Å². The molecular formula is C27H29FN4O4. The number of hydrogen-bond acceptors (Lipinski definition) is 7. The van der Waals surface area contributed by atoms with Gasteiger partial charge in [0.25, 0.3) is 5.91 Å². The van der Waals surface area contributed by atoms with Crippen molar-refractivity contribution in [1.82, 2.24) is 20.5 Å². The molecule has 9 heteroatoms. The van der Waals surface area contributed by atoms with E-state index < -0.39 is 0 Å². The molecule has 8 nitrogen and oxygen atoms in total. The van der Waals surface area contributed by atoms with Gasteiger partial charge in [-0.15, -0.1) is 0 Å². The van der Waals surface area contributed by atoms with Gasteiger partial charge in [-0.3, -0.25) is 15.0 Å². The largest absolute Gasteiger partial charge is 0.508 e. The number of ether oxygens (including phenoxy) is 1. The monoisotopic (exact) mass is 492 g/mol. The smallest absolute Gasteiger partial charge is 0.270 e. The lowest BCUT2D eigenvalue weighted by atomic mass is 9.86. The average molecular weight is 493 g/mol. The van der Waals surface area contributed by atoms with Gasteiger partial charge in [0.15, 0.2) is 6.29 Å². The number of hydrogen-bond donors (Lipinski definition) is 3. The molecule has 0 saturated carbocycles. The quantitative estimate of drug-likeness (QED) is 0.436. The highest BCUT2D eigenvalue weighted by Crippen LogP contribution is 2.40. The minimum absolute atomic E-state index is 0.0270. The SMILES string of the molecule is O=CC1NCCN1CCNC(=O)c1nc(C2CCOCC2)c(-c2ccc(F)cc2)c2ccc(O)cc12. The molecule has 2 aliphatic rings. The van der Waals surface area contributed by atoms with Crippen molar-refractivity contribution in [2.75, 3.05) is 39.4 Å². The van der Waals surface area contributed by atoms with Crippen molar-refractivity contribution < 1.29 is 23.8 Å². The van der Waals surface area contributed by atoms with Crippen LogP contribution in [0.5, 0.6) is 5.75 Å². The first kappa shape index (κ1) is 24.3. The molecule has 0 bridgehead atoms. The number of phenols is 1. The lowest BCUT2D eigenvalue weighted by Crippen LogP contribution is -2.41. The second-order valence-electron chi connectivity index (χ2n) is 9.17. The second-order valence-corrected chi connectivity index (χ2v) is 9.17. The molecule has 188 valence electrons. The summed E-state index contributed by atoms with van der Waals surface area (Å²) >= 11 is 0. The third kappa shape index (κ3) is 4.95. The first-order valence-corrected chi connectivity index (χ1v) is 12.3. The number of rotatable bonds is 7. The Bertz CT molecular complexity index is 1260. The molecule has 2 saturated heterocycles. The predicted molar refractivity (Wildman–Crippen MR) is 133 cm³/mol. The number of aromatic nitrogens is 1. The molecule has 1 unspecified atom stereocenters. The van der Waals surface area contributed by atoms with Crippen molar-refractivity contribution in [3.63, 3.8) is 0 Å². The first-order valence-electron chi connectivity index (χ1n) is 12.3. The minimum Gasteiger partial charge on any atom is -0.508 e. The molecule has 2 aromatic carbocycles. The Morgan fingerprint density at radius 3 is 2.72 bits per heavy atom. The molecule has 1 aromatic heterocycles. The third-order valence-electron chi connectivity index (χ3n) is 6.93. The van der Waals surface area contributed by atoms with E-state index in [1.807, 2.05) is 4.90 Å². The average Bonchev–Trinajstić information content (AvgIpc) is 3.36. The normalized spacial score (nSPS) is 19.0. The van der Waals surface area contributed by atoms with Crippen LogP contribution in [0.4, 0.5) is 4.39 Å². The number of aromatic hydroxyl groups is 1. The molecule has 0 spiro atoms. The predicted octanol–water partition coefficient (Wildman–Crippen LogP) is 2.80. The van der Waals surface area contributed by atoms with E-state index in [1.54, 1.807) is 30.3 Å². The number of nitrogens with one attached hydrogen (secondary N) is 2. The van der Waals surface area contributed by atoms with Gasteiger partial charge in [0.2, 0.25) is 0 Å². The van der Waals surface area contributed by atoms with E-state index >= 15 is 0 Å². The van der Waals surface area contributed by atoms with Crippen LogP contribution in [-0.2, 0) is 9.53 Å². The van der Waals surface area contributed by atoms with Crippen LogP contribution in [0.25, 0.3) is 21.9 Å². The van der Waals surface area contributed by atoms with Gasteiger partial charge in [0.1, 0.15) is 23.4 Å². The van der Waals surface area contributed by atoms with E-state index in [9.17, 15) is 19.1 Å². The molecule has 0 radical (unpaired) electrons. The number of nitrogens with zero attached hydrogens (tertiary/aromatic N) is 2. The van der Waals surface area contributed by atoms with E-state index in [0.717, 1.165) is 54.4 Å². The number of amides is 1. The molecule has 3 aromatic rings. The Balaban J connectivity index is 1.54. The minimum atomic E-state index is -0.348. The Morgan fingerprint density at radius 1 is 1.19 bits per heavy atom. The summed E-state index contributed by atoms with van der Waals surface area (Å²) in [6.07, 6.45) is 2.05. The lowest BCUT2D eigenvalue weighted by Gasteiger charge is -2.26. The number of benzene rings is 2. The maximum Gasteiger partial charge on any atom is 0.270 e. The maximum absolute atomic E-state index is 13.7. The molecule has 36 heavy (non-hydrogen) atoms. The molecular weight excluding hydrogens is 463 g/mol. The Kier molecular flexibility index (Phi) is 7.22. The number of halogens is 1. The van der Waals surface area contributed by atoms with Crippen LogP contribution >= 0.6 is 0 Å². The highest BCUT2D eigenvalue weighted by Gasteiger charge is 2.27. The molecule has 3 N–H and O–H groups in total.